The average Bonchev–Trinajstić information content (AvgIpc) is 2.70. The van der Waals surface area contributed by atoms with Gasteiger partial charge in [-0.15, -0.1) is 11.3 Å². The molecule has 92 valence electrons. The molecule has 3 nitrogen and oxygen atoms in total. The van der Waals surface area contributed by atoms with Crippen LogP contribution >= 0.6 is 43.2 Å². The Morgan fingerprint density at radius 1 is 1.59 bits per heavy atom. The minimum absolute atomic E-state index is 0.0127. The second-order valence-corrected chi connectivity index (χ2v) is 7.99. The molecule has 0 radical (unpaired) electrons. The van der Waals surface area contributed by atoms with Gasteiger partial charge in [0.1, 0.15) is 0 Å². The summed E-state index contributed by atoms with van der Waals surface area (Å²) in [7, 11) is 0. The highest BCUT2D eigenvalue weighted by molar-refractivity contribution is 9.12. The van der Waals surface area contributed by atoms with Gasteiger partial charge in [-0.2, -0.15) is 0 Å². The van der Waals surface area contributed by atoms with Gasteiger partial charge in [-0.05, 0) is 43.8 Å². The number of hydrogen-bond donors (Lipinski definition) is 0. The Bertz CT molecular complexity index is 472. The van der Waals surface area contributed by atoms with Crippen molar-refractivity contribution in [2.45, 2.75) is 13.3 Å². The van der Waals surface area contributed by atoms with Crippen molar-refractivity contribution in [3.8, 4) is 0 Å². The number of thiophene rings is 1. The fraction of sp³-hybridized carbons (Fsp3) is 0.455. The highest BCUT2D eigenvalue weighted by Gasteiger charge is 2.28. The SMILES string of the molecule is CC1CC(=O)N(CC(=O)c2cc(Br)sc2Br)C1. The normalized spacial score (nSPS) is 20.1. The Kier molecular flexibility index (Phi) is 4.05. The fourth-order valence-electron chi connectivity index (χ4n) is 1.91. The molecule has 1 aromatic rings. The fourth-order valence-corrected chi connectivity index (χ4v) is 4.77. The van der Waals surface area contributed by atoms with E-state index < -0.39 is 0 Å². The molecule has 2 rings (SSSR count). The number of hydrogen-bond acceptors (Lipinski definition) is 3. The highest BCUT2D eigenvalue weighted by atomic mass is 79.9. The third-order valence-electron chi connectivity index (χ3n) is 2.70. The van der Waals surface area contributed by atoms with Crippen LogP contribution in [0.1, 0.15) is 23.7 Å². The molecule has 1 fully saturated rings. The maximum Gasteiger partial charge on any atom is 0.223 e. The molecule has 1 aromatic heterocycles. The summed E-state index contributed by atoms with van der Waals surface area (Å²) in [4.78, 5) is 25.3. The van der Waals surface area contributed by atoms with Gasteiger partial charge in [-0.3, -0.25) is 9.59 Å². The second-order valence-electron chi connectivity index (χ2n) is 4.24. The van der Waals surface area contributed by atoms with Gasteiger partial charge in [-0.25, -0.2) is 0 Å². The van der Waals surface area contributed by atoms with E-state index in [0.717, 1.165) is 7.57 Å². The van der Waals surface area contributed by atoms with Gasteiger partial charge in [0.05, 0.1) is 14.1 Å². The molecule has 2 heterocycles. The van der Waals surface area contributed by atoms with Crippen LogP contribution in [0.3, 0.4) is 0 Å². The third-order valence-corrected chi connectivity index (χ3v) is 5.04. The van der Waals surface area contributed by atoms with Crippen LogP contribution < -0.4 is 0 Å². The summed E-state index contributed by atoms with van der Waals surface area (Å²) < 4.78 is 1.72. The third kappa shape index (κ3) is 2.98. The molecule has 17 heavy (non-hydrogen) atoms. The van der Waals surface area contributed by atoms with Crippen LogP contribution in [0.25, 0.3) is 0 Å². The van der Waals surface area contributed by atoms with Crippen molar-refractivity contribution >= 4 is 54.9 Å². The van der Waals surface area contributed by atoms with E-state index in [4.69, 9.17) is 0 Å². The molecule has 0 bridgehead atoms. The number of nitrogens with zero attached hydrogens (tertiary/aromatic N) is 1. The van der Waals surface area contributed by atoms with Crippen molar-refractivity contribution in [2.24, 2.45) is 5.92 Å². The van der Waals surface area contributed by atoms with Crippen molar-refractivity contribution in [1.82, 2.24) is 4.90 Å². The van der Waals surface area contributed by atoms with E-state index in [1.807, 2.05) is 6.92 Å². The van der Waals surface area contributed by atoms with E-state index in [2.05, 4.69) is 31.9 Å². The zero-order chi connectivity index (χ0) is 12.6. The summed E-state index contributed by atoms with van der Waals surface area (Å²) in [6, 6.07) is 1.79. The van der Waals surface area contributed by atoms with Crippen molar-refractivity contribution in [1.29, 1.82) is 0 Å². The first-order valence-corrected chi connectivity index (χ1v) is 7.63. The summed E-state index contributed by atoms with van der Waals surface area (Å²) in [6.45, 7) is 2.90. The summed E-state index contributed by atoms with van der Waals surface area (Å²) in [5.74, 6) is 0.422. The molecule has 0 N–H and O–H groups in total. The zero-order valence-corrected chi connectivity index (χ0v) is 13.2. The van der Waals surface area contributed by atoms with Crippen LogP contribution in [-0.2, 0) is 4.79 Å². The number of likely N-dealkylation sites (tertiary alicyclic amines) is 1. The Morgan fingerprint density at radius 3 is 2.76 bits per heavy atom. The van der Waals surface area contributed by atoms with Crippen molar-refractivity contribution in [2.75, 3.05) is 13.1 Å². The van der Waals surface area contributed by atoms with Crippen molar-refractivity contribution in [3.63, 3.8) is 0 Å². The molecular weight excluding hydrogens is 370 g/mol. The molecule has 0 saturated carbocycles. The lowest BCUT2D eigenvalue weighted by Gasteiger charge is -2.14. The van der Waals surface area contributed by atoms with E-state index >= 15 is 0 Å². The first kappa shape index (κ1) is 13.2. The van der Waals surface area contributed by atoms with Crippen LogP contribution in [0.2, 0.25) is 0 Å². The average molecular weight is 381 g/mol. The van der Waals surface area contributed by atoms with E-state index in [1.165, 1.54) is 11.3 Å². The standard InChI is InChI=1S/C11H11Br2NO2S/c1-6-2-10(16)14(4-6)5-8(15)7-3-9(12)17-11(7)13/h3,6H,2,4-5H2,1H3. The summed E-state index contributed by atoms with van der Waals surface area (Å²) in [5, 5.41) is 0. The molecule has 1 unspecified atom stereocenters. The zero-order valence-electron chi connectivity index (χ0n) is 9.20. The molecule has 1 atom stereocenters. The Labute approximate surface area is 120 Å². The van der Waals surface area contributed by atoms with E-state index in [0.29, 0.717) is 24.4 Å². The Hall–Kier alpha value is -0.200. The summed E-state index contributed by atoms with van der Waals surface area (Å²) in [6.07, 6.45) is 0.557. The number of halogens is 2. The maximum atomic E-state index is 12.0. The summed E-state index contributed by atoms with van der Waals surface area (Å²) in [5.41, 5.74) is 0.647. The second kappa shape index (κ2) is 5.20. The smallest absolute Gasteiger partial charge is 0.223 e. The Morgan fingerprint density at radius 2 is 2.29 bits per heavy atom. The minimum atomic E-state index is -0.0127. The molecule has 0 aliphatic carbocycles. The number of rotatable bonds is 3. The lowest BCUT2D eigenvalue weighted by Crippen LogP contribution is -2.31. The van der Waals surface area contributed by atoms with E-state index in [1.54, 1.807) is 11.0 Å². The van der Waals surface area contributed by atoms with Gasteiger partial charge in [0, 0.05) is 18.5 Å². The van der Waals surface area contributed by atoms with E-state index in [9.17, 15) is 9.59 Å². The first-order chi connectivity index (χ1) is 7.97. The molecule has 0 aromatic carbocycles. The molecule has 6 heteroatoms. The number of carbonyl (C=O) groups is 2. The van der Waals surface area contributed by atoms with Crippen LogP contribution in [0.5, 0.6) is 0 Å². The number of amides is 1. The largest absolute Gasteiger partial charge is 0.335 e. The minimum Gasteiger partial charge on any atom is -0.335 e. The molecule has 1 aliphatic heterocycles. The van der Waals surface area contributed by atoms with Gasteiger partial charge in [0.25, 0.3) is 0 Å². The van der Waals surface area contributed by atoms with Gasteiger partial charge in [-0.1, -0.05) is 6.92 Å². The van der Waals surface area contributed by atoms with E-state index in [-0.39, 0.29) is 18.2 Å². The topological polar surface area (TPSA) is 37.4 Å². The lowest BCUT2D eigenvalue weighted by molar-refractivity contribution is -0.127. The highest BCUT2D eigenvalue weighted by Crippen LogP contribution is 2.32. The molecular formula is C11H11Br2NO2S. The predicted molar refractivity (Wildman–Crippen MR) is 74.4 cm³/mol. The number of Topliss-reactive ketones (excluding diaryl/α,β-unsaturated/α-hetero) is 1. The predicted octanol–water partition coefficient (Wildman–Crippen LogP) is 3.32. The van der Waals surface area contributed by atoms with Crippen molar-refractivity contribution < 1.29 is 9.59 Å². The first-order valence-electron chi connectivity index (χ1n) is 5.23. The molecule has 1 amide bonds. The summed E-state index contributed by atoms with van der Waals surface area (Å²) >= 11 is 8.17. The number of carbonyl (C=O) groups excluding carboxylic acids is 2. The molecule has 0 spiro atoms. The van der Waals surface area contributed by atoms with Crippen LogP contribution in [0, 0.1) is 5.92 Å². The lowest BCUT2D eigenvalue weighted by atomic mass is 10.2. The van der Waals surface area contributed by atoms with Gasteiger partial charge >= 0.3 is 0 Å². The van der Waals surface area contributed by atoms with Crippen molar-refractivity contribution in [3.05, 3.63) is 19.2 Å². The molecule has 1 aliphatic rings. The maximum absolute atomic E-state index is 12.0. The van der Waals surface area contributed by atoms with Crippen LogP contribution in [0.15, 0.2) is 13.6 Å². The quantitative estimate of drug-likeness (QED) is 0.754. The van der Waals surface area contributed by atoms with Gasteiger partial charge < -0.3 is 4.90 Å². The van der Waals surface area contributed by atoms with Gasteiger partial charge in [0.15, 0.2) is 5.78 Å². The van der Waals surface area contributed by atoms with Crippen LogP contribution in [0.4, 0.5) is 0 Å². The molecule has 1 saturated heterocycles. The van der Waals surface area contributed by atoms with Crippen LogP contribution in [-0.4, -0.2) is 29.7 Å². The Balaban J connectivity index is 2.07. The monoisotopic (exact) mass is 379 g/mol. The van der Waals surface area contributed by atoms with Gasteiger partial charge in [0.2, 0.25) is 5.91 Å². The number of ketones is 1.